The predicted octanol–water partition coefficient (Wildman–Crippen LogP) is 7.90. The minimum absolute atomic E-state index is 0.0113. The van der Waals surface area contributed by atoms with Crippen LogP contribution in [0.4, 0.5) is 21.0 Å². The Kier molecular flexibility index (Phi) is 20.9. The molecule has 6 aromatic carbocycles. The summed E-state index contributed by atoms with van der Waals surface area (Å²) in [5, 5.41) is 22.5. The van der Waals surface area contributed by atoms with Gasteiger partial charge in [0, 0.05) is 61.8 Å². The Bertz CT molecular complexity index is 3160. The fourth-order valence-electron chi connectivity index (χ4n) is 9.71. The minimum atomic E-state index is -3.65. The molecule has 2 unspecified atom stereocenters. The molecule has 0 radical (unpaired) electrons. The van der Waals surface area contributed by atoms with E-state index >= 15 is 0 Å². The van der Waals surface area contributed by atoms with Crippen molar-refractivity contribution in [3.05, 3.63) is 203 Å². The van der Waals surface area contributed by atoms with E-state index in [4.69, 9.17) is 29.2 Å². The van der Waals surface area contributed by atoms with Gasteiger partial charge in [-0.15, -0.1) is 0 Å². The first kappa shape index (κ1) is 59.6. The number of hydrogen-bond acceptors (Lipinski definition) is 15. The van der Waals surface area contributed by atoms with Gasteiger partial charge in [-0.1, -0.05) is 135 Å². The summed E-state index contributed by atoms with van der Waals surface area (Å²) in [5.41, 5.74) is 5.49. The molecule has 3 fully saturated rings. The van der Waals surface area contributed by atoms with Crippen LogP contribution in [0.2, 0.25) is 0 Å². The van der Waals surface area contributed by atoms with E-state index < -0.39 is 40.2 Å². The molecule has 3 saturated heterocycles. The molecule has 9 rings (SSSR count). The summed E-state index contributed by atoms with van der Waals surface area (Å²) < 4.78 is 43.2. The number of amides is 4. The van der Waals surface area contributed by atoms with Crippen LogP contribution in [-0.2, 0) is 42.9 Å². The molecular weight excluding hydrogens is 1060 g/mol. The molecular formula is C62H68N8O11S. The summed E-state index contributed by atoms with van der Waals surface area (Å²) in [4.78, 5) is 71.1. The summed E-state index contributed by atoms with van der Waals surface area (Å²) in [7, 11) is -3.65. The number of carbonyl (C=O) groups excluding carboxylic acids is 5. The Morgan fingerprint density at radius 1 is 0.585 bits per heavy atom. The van der Waals surface area contributed by atoms with E-state index in [9.17, 15) is 32.4 Å². The molecule has 0 aliphatic carbocycles. The Balaban J connectivity index is 0.000000221. The van der Waals surface area contributed by atoms with Crippen molar-refractivity contribution >= 4 is 63.1 Å². The van der Waals surface area contributed by atoms with Crippen LogP contribution in [0, 0.1) is 10.8 Å². The van der Waals surface area contributed by atoms with Gasteiger partial charge in [0.25, 0.3) is 10.1 Å². The van der Waals surface area contributed by atoms with Crippen molar-refractivity contribution in [2.24, 2.45) is 0 Å². The number of anilines is 2. The highest BCUT2D eigenvalue weighted by molar-refractivity contribution is 7.86. The van der Waals surface area contributed by atoms with Gasteiger partial charge in [-0.25, -0.2) is 9.59 Å². The first-order valence-corrected chi connectivity index (χ1v) is 29.0. The number of hydrogen-bond donors (Lipinski definition) is 4. The van der Waals surface area contributed by atoms with Crippen LogP contribution in [-0.4, -0.2) is 144 Å². The molecule has 3 aliphatic rings. The predicted molar refractivity (Wildman–Crippen MR) is 312 cm³/mol. The number of piperazine rings is 1. The molecule has 4 amide bonds. The molecule has 0 bridgehead atoms. The molecule has 0 aromatic heterocycles. The van der Waals surface area contributed by atoms with Crippen LogP contribution in [0.5, 0.6) is 0 Å². The number of rotatable bonds is 21. The maximum absolute atomic E-state index is 13.4. The van der Waals surface area contributed by atoms with Crippen molar-refractivity contribution in [3.8, 4) is 0 Å². The largest absolute Gasteiger partial charge is 0.466 e. The van der Waals surface area contributed by atoms with Crippen LogP contribution in [0.3, 0.4) is 0 Å². The smallest absolute Gasteiger partial charge is 0.414 e. The molecule has 0 spiro atoms. The Labute approximate surface area is 478 Å². The number of nitrogens with one attached hydrogen (secondary N) is 4. The van der Waals surface area contributed by atoms with E-state index in [1.807, 2.05) is 121 Å². The quantitative estimate of drug-likeness (QED) is 0.0134. The lowest BCUT2D eigenvalue weighted by Gasteiger charge is -2.35. The van der Waals surface area contributed by atoms with Crippen LogP contribution in [0.15, 0.2) is 170 Å². The summed E-state index contributed by atoms with van der Waals surface area (Å²) in [6.45, 7) is 7.61. The monoisotopic (exact) mass is 1130 g/mol. The molecule has 4 N–H and O–H groups in total. The second-order valence-electron chi connectivity index (χ2n) is 20.0. The average Bonchev–Trinajstić information content (AvgIpc) is 4.13. The molecule has 3 aliphatic heterocycles. The van der Waals surface area contributed by atoms with Gasteiger partial charge in [-0.05, 0) is 77.2 Å². The summed E-state index contributed by atoms with van der Waals surface area (Å²) in [6.07, 6.45) is 1.25. The highest BCUT2D eigenvalue weighted by atomic mass is 32.2. The van der Waals surface area contributed by atoms with E-state index in [0.29, 0.717) is 55.2 Å². The molecule has 19 nitrogen and oxygen atoms in total. The summed E-state index contributed by atoms with van der Waals surface area (Å²) in [6, 6.07) is 51.3. The lowest BCUT2D eigenvalue weighted by Crippen LogP contribution is -2.49. The maximum atomic E-state index is 13.4. The highest BCUT2D eigenvalue weighted by Crippen LogP contribution is 2.28. The Morgan fingerprint density at radius 2 is 0.976 bits per heavy atom. The maximum Gasteiger partial charge on any atom is 0.414 e. The van der Waals surface area contributed by atoms with Crippen molar-refractivity contribution in [3.63, 3.8) is 0 Å². The van der Waals surface area contributed by atoms with Gasteiger partial charge in [0.1, 0.15) is 30.5 Å². The zero-order chi connectivity index (χ0) is 58.0. The molecule has 82 heavy (non-hydrogen) atoms. The van der Waals surface area contributed by atoms with E-state index in [2.05, 4.69) is 27.4 Å². The van der Waals surface area contributed by atoms with Crippen molar-refractivity contribution in [2.45, 2.75) is 50.2 Å². The van der Waals surface area contributed by atoms with Gasteiger partial charge in [0.2, 0.25) is 11.8 Å². The molecule has 20 heteroatoms. The van der Waals surface area contributed by atoms with E-state index in [-0.39, 0.29) is 48.7 Å². The normalized spacial score (nSPS) is 16.4. The van der Waals surface area contributed by atoms with Gasteiger partial charge >= 0.3 is 18.2 Å². The lowest BCUT2D eigenvalue weighted by molar-refractivity contribution is -0.144. The Hall–Kier alpha value is -8.56. The fourth-order valence-corrected chi connectivity index (χ4v) is 10.1. The summed E-state index contributed by atoms with van der Waals surface area (Å²) >= 11 is 0. The van der Waals surface area contributed by atoms with E-state index in [1.54, 1.807) is 53.4 Å². The van der Waals surface area contributed by atoms with Crippen molar-refractivity contribution < 1.29 is 50.8 Å². The third-order valence-corrected chi connectivity index (χ3v) is 14.6. The topological polar surface area (TPSA) is 241 Å². The van der Waals surface area contributed by atoms with Gasteiger partial charge in [-0.3, -0.25) is 44.1 Å². The second-order valence-corrected chi connectivity index (χ2v) is 21.7. The van der Waals surface area contributed by atoms with Crippen LogP contribution in [0.1, 0.15) is 71.4 Å². The number of carbonyl (C=O) groups is 5. The Morgan fingerprint density at radius 3 is 1.38 bits per heavy atom. The van der Waals surface area contributed by atoms with Crippen molar-refractivity contribution in [1.29, 1.82) is 10.8 Å². The van der Waals surface area contributed by atoms with Gasteiger partial charge in [0.05, 0.1) is 44.2 Å². The van der Waals surface area contributed by atoms with Crippen LogP contribution < -0.4 is 20.4 Å². The first-order chi connectivity index (χ1) is 39.6. The fraction of sp³-hybridized carbons (Fsp3) is 0.306. The highest BCUT2D eigenvalue weighted by Gasteiger charge is 2.36. The number of nitrogens with zero attached hydrogens (tertiary/aromatic N) is 4. The van der Waals surface area contributed by atoms with Crippen LogP contribution in [0.25, 0.3) is 0 Å². The van der Waals surface area contributed by atoms with Crippen molar-refractivity contribution in [2.75, 3.05) is 81.6 Å². The summed E-state index contributed by atoms with van der Waals surface area (Å²) in [5.74, 6) is -1.99. The zero-order valence-electron chi connectivity index (χ0n) is 45.9. The molecule has 3 heterocycles. The number of esters is 1. The standard InChI is InChI=1S/C36H43N5O5.C26H25N3O6S/c1-2-3-24-45-32(42)18-19-39-20-22-40(23-21-39)25-31-26-41(36(44)46-31)30-16-14-29(15-17-30)34(37)38-35(43)33(27-10-6-4-7-11-27)28-12-8-5-9-13-28;1-36(32,33)34-17-22-16-29(26(31)35-22)21-14-12-20(13-15-21)24(27)28-25(30)23(18-8-4-2-5-9-18)19-10-6-3-7-11-19/h4-17,31,33H,2-3,18-26H2,1H3,(H2,37,38,43);2-15,22-23H,16-17H2,1H3,(H2,27,28,30). The van der Waals surface area contributed by atoms with Gasteiger partial charge < -0.3 is 29.7 Å². The molecule has 6 aromatic rings. The number of unbranched alkanes of at least 4 members (excludes halogenated alkanes) is 1. The number of ether oxygens (including phenoxy) is 3. The van der Waals surface area contributed by atoms with E-state index in [0.717, 1.165) is 67.5 Å². The van der Waals surface area contributed by atoms with Gasteiger partial charge in [0.15, 0.2) is 0 Å². The SMILES string of the molecule is CCCCOC(=O)CCN1CCN(CC2CN(c3ccc(C(=N)NC(=O)C(c4ccccc4)c4ccccc4)cc3)C(=O)O2)CC1.CS(=O)(=O)OCC1CN(c2ccc(C(=N)NC(=O)C(c3ccccc3)c3ccccc3)cc2)C(=O)O1. The zero-order valence-corrected chi connectivity index (χ0v) is 46.7. The van der Waals surface area contributed by atoms with Crippen LogP contribution >= 0.6 is 0 Å². The lowest BCUT2D eigenvalue weighted by atomic mass is 9.90. The average molecular weight is 1130 g/mol. The number of benzene rings is 6. The number of amidine groups is 2. The van der Waals surface area contributed by atoms with E-state index in [1.165, 1.54) is 4.90 Å². The van der Waals surface area contributed by atoms with Crippen molar-refractivity contribution in [1.82, 2.24) is 20.4 Å². The minimum Gasteiger partial charge on any atom is -0.466 e. The number of cyclic esters (lactones) is 2. The second kappa shape index (κ2) is 28.7. The molecule has 2 atom stereocenters. The molecule has 0 saturated carbocycles. The first-order valence-electron chi connectivity index (χ1n) is 27.2. The van der Waals surface area contributed by atoms with Gasteiger partial charge in [-0.2, -0.15) is 8.42 Å². The third-order valence-electron chi connectivity index (χ3n) is 14.0. The third kappa shape index (κ3) is 16.8. The molecule has 428 valence electrons.